The van der Waals surface area contributed by atoms with Crippen LogP contribution in [0.4, 0.5) is 0 Å². The molecule has 0 atom stereocenters. The average molecular weight is 347 g/mol. The fourth-order valence-corrected chi connectivity index (χ4v) is 0.979. The van der Waals surface area contributed by atoms with Crippen molar-refractivity contribution in [3.05, 3.63) is 10.6 Å². The zero-order chi connectivity index (χ0) is 13.2. The molecule has 6 heteroatoms. The SMILES string of the molecule is CC(C)(C[S-])[N-]CC[N-]C(C)(C)C[S-].[O]=[99Tc+4]. The van der Waals surface area contributed by atoms with Crippen molar-refractivity contribution in [3.63, 3.8) is 0 Å². The van der Waals surface area contributed by atoms with Gasteiger partial charge in [0.25, 0.3) is 0 Å². The van der Waals surface area contributed by atoms with E-state index >= 15 is 0 Å². The van der Waals surface area contributed by atoms with Crippen LogP contribution in [0.2, 0.25) is 0 Å². The normalized spacial score (nSPS) is 12.0. The molecule has 0 saturated heterocycles. The second-order valence-electron chi connectivity index (χ2n) is 4.68. The summed E-state index contributed by atoms with van der Waals surface area (Å²) in [5.41, 5.74) is -0.161. The maximum absolute atomic E-state index is 8.22. The Balaban J connectivity index is 0. The molecule has 0 rings (SSSR count). The molecular weight excluding hydrogens is 327 g/mol. The van der Waals surface area contributed by atoms with Crippen molar-refractivity contribution in [1.82, 2.24) is 0 Å². The summed E-state index contributed by atoms with van der Waals surface area (Å²) in [6, 6.07) is 0. The molecule has 16 heavy (non-hydrogen) atoms. The molecule has 0 aliphatic carbocycles. The van der Waals surface area contributed by atoms with E-state index in [0.29, 0.717) is 11.5 Å². The summed E-state index contributed by atoms with van der Waals surface area (Å²) in [5, 5.41) is 8.96. The van der Waals surface area contributed by atoms with E-state index in [4.69, 9.17) is 28.8 Å². The van der Waals surface area contributed by atoms with Gasteiger partial charge in [-0.3, -0.25) is 0 Å². The van der Waals surface area contributed by atoms with Gasteiger partial charge in [-0.25, -0.2) is 0 Å². The Morgan fingerprint density at radius 1 is 0.875 bits per heavy atom. The summed E-state index contributed by atoms with van der Waals surface area (Å²) in [5.74, 6) is 1.33. The molecule has 3 nitrogen and oxygen atoms in total. The summed E-state index contributed by atoms with van der Waals surface area (Å²) in [7, 11) is 0. The Labute approximate surface area is 121 Å². The quantitative estimate of drug-likeness (QED) is 0.524. The minimum atomic E-state index is -0.0804. The Morgan fingerprint density at radius 2 is 1.12 bits per heavy atom. The topological polar surface area (TPSA) is 45.3 Å². The first-order valence-corrected chi connectivity index (χ1v) is 6.93. The third kappa shape index (κ3) is 11.6. The molecule has 0 aromatic carbocycles. The Bertz CT molecular complexity index is 162. The van der Waals surface area contributed by atoms with Crippen LogP contribution in [0.3, 0.4) is 0 Å². The zero-order valence-corrected chi connectivity index (χ0v) is 13.8. The molecule has 0 amide bonds. The Hall–Kier alpha value is 1.07. The summed E-state index contributed by atoms with van der Waals surface area (Å²) in [6.45, 7) is 9.72. The molecule has 0 saturated carbocycles. The fraction of sp³-hybridized carbons (Fsp3) is 1.00. The van der Waals surface area contributed by atoms with Crippen molar-refractivity contribution < 1.29 is 22.4 Å². The number of rotatable bonds is 7. The van der Waals surface area contributed by atoms with Crippen molar-refractivity contribution in [3.8, 4) is 0 Å². The van der Waals surface area contributed by atoms with E-state index < -0.39 is 0 Å². The third-order valence-corrected chi connectivity index (χ3v) is 3.30. The second kappa shape index (κ2) is 10.0. The van der Waals surface area contributed by atoms with Crippen LogP contribution in [0.1, 0.15) is 27.7 Å². The summed E-state index contributed by atoms with van der Waals surface area (Å²) in [4.78, 5) is 0. The standard InChI is InChI=1S/C10H22N2S2.O.Tc/c1-9(2,7-13)11-5-6-12-10(3,4)8-14;;/h13-14H,5-8H2,1-4H3;;/q-2;;+4/p-2/i;;1+1. The summed E-state index contributed by atoms with van der Waals surface area (Å²) < 4.78 is 8.22. The van der Waals surface area contributed by atoms with Gasteiger partial charge in [-0.05, 0) is 0 Å². The molecule has 95 valence electrons. The first kappa shape index (κ1) is 19.4. The molecule has 0 unspecified atom stereocenters. The number of hydrogen-bond acceptors (Lipinski definition) is 3. The van der Waals surface area contributed by atoms with E-state index in [2.05, 4.69) is 38.3 Å². The number of nitrogens with zero attached hydrogens (tertiary/aromatic N) is 2. The predicted molar refractivity (Wildman–Crippen MR) is 69.8 cm³/mol. The first-order chi connectivity index (χ1) is 7.33. The second-order valence-corrected chi connectivity index (χ2v) is 5.25. The molecule has 0 radical (unpaired) electrons. The van der Waals surface area contributed by atoms with Gasteiger partial charge in [-0.2, -0.15) is 35.7 Å². The van der Waals surface area contributed by atoms with Crippen LogP contribution in [-0.2, 0) is 47.6 Å². The van der Waals surface area contributed by atoms with Crippen LogP contribution in [-0.4, -0.2) is 35.7 Å². The molecule has 0 aliphatic rings. The van der Waals surface area contributed by atoms with Gasteiger partial charge in [0.1, 0.15) is 0 Å². The molecule has 0 spiro atoms. The molecule has 0 fully saturated rings. The summed E-state index contributed by atoms with van der Waals surface area (Å²) >= 11 is 10.9. The monoisotopic (exact) mass is 347 g/mol. The van der Waals surface area contributed by atoms with Gasteiger partial charge in [-0.1, -0.05) is 27.7 Å². The van der Waals surface area contributed by atoms with Gasteiger partial charge in [0.15, 0.2) is 0 Å². The van der Waals surface area contributed by atoms with Crippen LogP contribution >= 0.6 is 0 Å². The predicted octanol–water partition coefficient (Wildman–Crippen LogP) is 2.26. The minimum absolute atomic E-state index is 0.0804. The number of hydrogen-bond donors (Lipinski definition) is 0. The molecule has 0 aliphatic heterocycles. The van der Waals surface area contributed by atoms with E-state index in [0.717, 1.165) is 31.9 Å². The first-order valence-electron chi connectivity index (χ1n) is 5.02. The van der Waals surface area contributed by atoms with E-state index in [-0.39, 0.29) is 11.1 Å². The molecule has 0 aromatic rings. The molecule has 0 bridgehead atoms. The molecular formula is C10H20N2OS2Tc. The van der Waals surface area contributed by atoms with Gasteiger partial charge in [0, 0.05) is 0 Å². The molecule has 0 heterocycles. The van der Waals surface area contributed by atoms with E-state index in [1.54, 1.807) is 0 Å². The fourth-order valence-electron chi connectivity index (χ4n) is 0.797. The van der Waals surface area contributed by atoms with Crippen molar-refractivity contribution in [1.29, 1.82) is 0 Å². The zero-order valence-electron chi connectivity index (χ0n) is 10.3. The third-order valence-electron chi connectivity index (χ3n) is 1.89. The Kier molecular flexibility index (Phi) is 12.2. The van der Waals surface area contributed by atoms with Gasteiger partial charge >= 0.3 is 22.4 Å². The van der Waals surface area contributed by atoms with E-state index in [1.165, 1.54) is 0 Å². The Morgan fingerprint density at radius 3 is 1.31 bits per heavy atom. The summed E-state index contributed by atoms with van der Waals surface area (Å²) in [6.07, 6.45) is 0. The van der Waals surface area contributed by atoms with Crippen molar-refractivity contribution in [2.24, 2.45) is 0 Å². The van der Waals surface area contributed by atoms with Gasteiger partial charge in [0.05, 0.1) is 0 Å². The van der Waals surface area contributed by atoms with Crippen LogP contribution < -0.4 is 0 Å². The van der Waals surface area contributed by atoms with Gasteiger partial charge < -0.3 is 35.9 Å². The van der Waals surface area contributed by atoms with Crippen LogP contribution in [0.5, 0.6) is 0 Å². The van der Waals surface area contributed by atoms with E-state index in [1.807, 2.05) is 0 Å². The van der Waals surface area contributed by atoms with Crippen LogP contribution in [0.25, 0.3) is 10.6 Å². The van der Waals surface area contributed by atoms with Crippen LogP contribution in [0.15, 0.2) is 0 Å². The van der Waals surface area contributed by atoms with Crippen molar-refractivity contribution in [2.45, 2.75) is 38.8 Å². The van der Waals surface area contributed by atoms with Gasteiger partial charge in [0.2, 0.25) is 0 Å². The van der Waals surface area contributed by atoms with E-state index in [9.17, 15) is 0 Å². The average Bonchev–Trinajstić information content (AvgIpc) is 2.27. The van der Waals surface area contributed by atoms with Crippen molar-refractivity contribution >= 4 is 25.3 Å². The van der Waals surface area contributed by atoms with Crippen molar-refractivity contribution in [2.75, 3.05) is 24.6 Å². The molecule has 0 N–H and O–H groups in total. The van der Waals surface area contributed by atoms with Crippen LogP contribution in [0, 0.1) is 0 Å². The maximum atomic E-state index is 8.22. The molecule has 0 aromatic heterocycles. The van der Waals surface area contributed by atoms with Gasteiger partial charge in [-0.15, -0.1) is 0 Å².